The number of nitrogens with zero attached hydrogens (tertiary/aromatic N) is 1. The fraction of sp³-hybridized carbons (Fsp3) is 0.690. The summed E-state index contributed by atoms with van der Waals surface area (Å²) in [4.78, 5) is 66.9. The Hall–Kier alpha value is -3.35. The SMILES string of the molecule is C#CCCCC(NC(=O)[C@@H]1[C@H]2CCC[C@H]2CN1C(=O)[C@@H](NC(N)=O)C1(C)CCCCC1)C(=O)C(=O)NCC=C. The lowest BCUT2D eigenvalue weighted by Gasteiger charge is -2.42. The molecule has 5 amide bonds. The van der Waals surface area contributed by atoms with E-state index >= 15 is 0 Å². The van der Waals surface area contributed by atoms with Gasteiger partial charge in [-0.1, -0.05) is 38.7 Å². The van der Waals surface area contributed by atoms with Crippen LogP contribution in [0.25, 0.3) is 0 Å². The van der Waals surface area contributed by atoms with Crippen molar-refractivity contribution in [3.63, 3.8) is 0 Å². The van der Waals surface area contributed by atoms with Crippen LogP contribution >= 0.6 is 0 Å². The molecule has 5 atom stereocenters. The molecule has 3 aliphatic rings. The maximum Gasteiger partial charge on any atom is 0.312 e. The van der Waals surface area contributed by atoms with Crippen molar-refractivity contribution in [1.29, 1.82) is 0 Å². The molecule has 0 bridgehead atoms. The van der Waals surface area contributed by atoms with Gasteiger partial charge in [-0.3, -0.25) is 19.2 Å². The van der Waals surface area contributed by atoms with E-state index in [1.54, 1.807) is 4.90 Å². The highest BCUT2D eigenvalue weighted by Gasteiger charge is 2.53. The van der Waals surface area contributed by atoms with Gasteiger partial charge in [0.2, 0.25) is 17.6 Å². The van der Waals surface area contributed by atoms with Crippen LogP contribution in [0.4, 0.5) is 4.79 Å². The van der Waals surface area contributed by atoms with Gasteiger partial charge in [-0.15, -0.1) is 18.9 Å². The number of fused-ring (bicyclic) bond motifs is 1. The van der Waals surface area contributed by atoms with Gasteiger partial charge in [0.15, 0.2) is 0 Å². The van der Waals surface area contributed by atoms with Crippen molar-refractivity contribution in [2.75, 3.05) is 13.1 Å². The van der Waals surface area contributed by atoms with Crippen molar-refractivity contribution in [3.05, 3.63) is 12.7 Å². The fourth-order valence-electron chi connectivity index (χ4n) is 6.70. The Balaban J connectivity index is 1.86. The van der Waals surface area contributed by atoms with Crippen molar-refractivity contribution < 1.29 is 24.0 Å². The molecule has 1 unspecified atom stereocenters. The average Bonchev–Trinajstić information content (AvgIpc) is 3.51. The Bertz CT molecular complexity index is 999. The molecule has 39 heavy (non-hydrogen) atoms. The average molecular weight is 542 g/mol. The highest BCUT2D eigenvalue weighted by molar-refractivity contribution is 6.38. The number of carbonyl (C=O) groups is 5. The smallest absolute Gasteiger partial charge is 0.312 e. The highest BCUT2D eigenvalue weighted by Crippen LogP contribution is 2.45. The quantitative estimate of drug-likeness (QED) is 0.129. The summed E-state index contributed by atoms with van der Waals surface area (Å²) in [5, 5.41) is 7.96. The normalized spacial score (nSPS) is 24.9. The third-order valence-electron chi connectivity index (χ3n) is 8.75. The number of hydrogen-bond donors (Lipinski definition) is 4. The Morgan fingerprint density at radius 2 is 1.85 bits per heavy atom. The van der Waals surface area contributed by atoms with Crippen LogP contribution in [0.1, 0.15) is 77.6 Å². The first-order valence-electron chi connectivity index (χ1n) is 14.2. The van der Waals surface area contributed by atoms with Crippen molar-refractivity contribution in [1.82, 2.24) is 20.9 Å². The van der Waals surface area contributed by atoms with Gasteiger partial charge in [0.25, 0.3) is 5.91 Å². The molecule has 1 aliphatic heterocycles. The van der Waals surface area contributed by atoms with Gasteiger partial charge >= 0.3 is 6.03 Å². The number of amides is 5. The fourth-order valence-corrected chi connectivity index (χ4v) is 6.70. The maximum atomic E-state index is 14.1. The highest BCUT2D eigenvalue weighted by atomic mass is 16.2. The summed E-state index contributed by atoms with van der Waals surface area (Å²) >= 11 is 0. The molecule has 2 saturated carbocycles. The van der Waals surface area contributed by atoms with Crippen LogP contribution in [0.5, 0.6) is 0 Å². The van der Waals surface area contributed by atoms with E-state index in [1.807, 2.05) is 6.92 Å². The molecular weight excluding hydrogens is 498 g/mol. The van der Waals surface area contributed by atoms with Crippen LogP contribution in [0, 0.1) is 29.6 Å². The molecular formula is C29H43N5O5. The third-order valence-corrected chi connectivity index (χ3v) is 8.75. The molecule has 0 spiro atoms. The van der Waals surface area contributed by atoms with Gasteiger partial charge in [0.1, 0.15) is 12.1 Å². The molecule has 0 aromatic heterocycles. The molecule has 1 saturated heterocycles. The number of carbonyl (C=O) groups excluding carboxylic acids is 5. The third kappa shape index (κ3) is 7.20. The van der Waals surface area contributed by atoms with Crippen LogP contribution in [-0.4, -0.2) is 65.7 Å². The molecule has 0 aromatic carbocycles. The number of terminal acetylenes is 1. The summed E-state index contributed by atoms with van der Waals surface area (Å²) in [5.74, 6) is 0.271. The second-order valence-corrected chi connectivity index (χ2v) is 11.5. The van der Waals surface area contributed by atoms with Gasteiger partial charge in [-0.2, -0.15) is 0 Å². The van der Waals surface area contributed by atoms with E-state index in [-0.39, 0.29) is 30.7 Å². The maximum absolute atomic E-state index is 14.1. The number of urea groups is 1. The number of Topliss-reactive ketones (excluding diaryl/α,β-unsaturated/α-hetero) is 1. The monoisotopic (exact) mass is 541 g/mol. The molecule has 10 heteroatoms. The molecule has 214 valence electrons. The van der Waals surface area contributed by atoms with Crippen LogP contribution in [0.2, 0.25) is 0 Å². The lowest BCUT2D eigenvalue weighted by molar-refractivity contribution is -0.145. The number of nitrogens with one attached hydrogen (secondary N) is 3. The second-order valence-electron chi connectivity index (χ2n) is 11.5. The number of hydrogen-bond acceptors (Lipinski definition) is 5. The van der Waals surface area contributed by atoms with E-state index < -0.39 is 47.2 Å². The van der Waals surface area contributed by atoms with Gasteiger partial charge in [-0.05, 0) is 55.8 Å². The molecule has 2 aliphatic carbocycles. The number of unbranched alkanes of at least 4 members (excludes halogenated alkanes) is 1. The zero-order valence-electron chi connectivity index (χ0n) is 23.0. The predicted octanol–water partition coefficient (Wildman–Crippen LogP) is 1.78. The van der Waals surface area contributed by atoms with E-state index in [2.05, 4.69) is 28.4 Å². The van der Waals surface area contributed by atoms with E-state index in [0.29, 0.717) is 19.4 Å². The molecule has 0 aromatic rings. The van der Waals surface area contributed by atoms with E-state index in [1.165, 1.54) is 6.08 Å². The predicted molar refractivity (Wildman–Crippen MR) is 147 cm³/mol. The standard InChI is InChI=1S/C29H43N5O5/c1-4-6-8-14-21(23(35)26(37)31-17-5-2)32-25(36)22-20-13-11-12-19(20)18-34(22)27(38)24(33-28(30)39)29(3)15-9-7-10-16-29/h1,5,19-22,24H,2,6-18H2,3H3,(H,31,37)(H,32,36)(H3,30,33,39)/t19-,20-,21?,22-,24+/m0/s1. The van der Waals surface area contributed by atoms with E-state index in [9.17, 15) is 24.0 Å². The zero-order valence-corrected chi connectivity index (χ0v) is 23.0. The van der Waals surface area contributed by atoms with Gasteiger partial charge < -0.3 is 26.6 Å². The van der Waals surface area contributed by atoms with Crippen LogP contribution in [-0.2, 0) is 19.2 Å². The Kier molecular flexibility index (Phi) is 10.6. The summed E-state index contributed by atoms with van der Waals surface area (Å²) in [6.45, 7) is 6.06. The van der Waals surface area contributed by atoms with Crippen molar-refractivity contribution in [2.24, 2.45) is 23.0 Å². The first-order chi connectivity index (χ1) is 18.6. The summed E-state index contributed by atoms with van der Waals surface area (Å²) in [6, 6.07) is -3.48. The lowest BCUT2D eigenvalue weighted by Crippen LogP contribution is -2.61. The largest absolute Gasteiger partial charge is 0.352 e. The molecule has 3 fully saturated rings. The van der Waals surface area contributed by atoms with E-state index in [4.69, 9.17) is 12.2 Å². The van der Waals surface area contributed by atoms with Crippen molar-refractivity contribution in [3.8, 4) is 12.3 Å². The van der Waals surface area contributed by atoms with Gasteiger partial charge in [-0.25, -0.2) is 4.79 Å². The van der Waals surface area contributed by atoms with E-state index in [0.717, 1.165) is 51.4 Å². The molecule has 10 nitrogen and oxygen atoms in total. The second kappa shape index (κ2) is 13.6. The first-order valence-corrected chi connectivity index (χ1v) is 14.2. The number of likely N-dealkylation sites (tertiary alicyclic amines) is 1. The van der Waals surface area contributed by atoms with Crippen LogP contribution < -0.4 is 21.7 Å². The molecule has 1 heterocycles. The summed E-state index contributed by atoms with van der Waals surface area (Å²) in [6.07, 6.45) is 15.0. The first kappa shape index (κ1) is 30.2. The topological polar surface area (TPSA) is 151 Å². The Morgan fingerprint density at radius 1 is 1.13 bits per heavy atom. The molecule has 0 radical (unpaired) electrons. The Morgan fingerprint density at radius 3 is 2.49 bits per heavy atom. The number of ketones is 1. The van der Waals surface area contributed by atoms with Crippen LogP contribution in [0.3, 0.4) is 0 Å². The molecule has 5 N–H and O–H groups in total. The van der Waals surface area contributed by atoms with Crippen molar-refractivity contribution >= 4 is 29.5 Å². The molecule has 3 rings (SSSR count). The number of rotatable bonds is 12. The minimum atomic E-state index is -1.07. The van der Waals surface area contributed by atoms with Crippen molar-refractivity contribution in [2.45, 2.75) is 95.7 Å². The summed E-state index contributed by atoms with van der Waals surface area (Å²) < 4.78 is 0. The van der Waals surface area contributed by atoms with Crippen LogP contribution in [0.15, 0.2) is 12.7 Å². The summed E-state index contributed by atoms with van der Waals surface area (Å²) in [7, 11) is 0. The lowest BCUT2D eigenvalue weighted by atomic mass is 9.70. The number of primary amides is 1. The number of nitrogens with two attached hydrogens (primary N) is 1. The zero-order chi connectivity index (χ0) is 28.6. The minimum absolute atomic E-state index is 0.0570. The summed E-state index contributed by atoms with van der Waals surface area (Å²) in [5.41, 5.74) is 5.03. The Labute approximate surface area is 231 Å². The minimum Gasteiger partial charge on any atom is -0.352 e. The van der Waals surface area contributed by atoms with Gasteiger partial charge in [0, 0.05) is 19.5 Å². The van der Waals surface area contributed by atoms with Gasteiger partial charge in [0.05, 0.1) is 6.04 Å².